The van der Waals surface area contributed by atoms with Crippen LogP contribution in [0.15, 0.2) is 24.5 Å². The molecule has 4 rings (SSSR count). The van der Waals surface area contributed by atoms with Crippen molar-refractivity contribution in [3.8, 4) is 5.88 Å². The van der Waals surface area contributed by atoms with Crippen LogP contribution in [-0.2, 0) is 0 Å². The van der Waals surface area contributed by atoms with E-state index in [4.69, 9.17) is 16.3 Å². The molecule has 2 unspecified atom stereocenters. The zero-order valence-electron chi connectivity index (χ0n) is 13.9. The van der Waals surface area contributed by atoms with Crippen molar-refractivity contribution < 1.29 is 9.13 Å². The molecule has 0 saturated carbocycles. The van der Waals surface area contributed by atoms with Gasteiger partial charge in [0.25, 0.3) is 0 Å². The van der Waals surface area contributed by atoms with Crippen molar-refractivity contribution in [2.45, 2.75) is 18.9 Å². The van der Waals surface area contributed by atoms with Gasteiger partial charge in [-0.05, 0) is 24.8 Å². The molecule has 2 saturated heterocycles. The van der Waals surface area contributed by atoms with Gasteiger partial charge in [0, 0.05) is 38.1 Å². The summed E-state index contributed by atoms with van der Waals surface area (Å²) in [5, 5.41) is 0.312. The van der Waals surface area contributed by atoms with Gasteiger partial charge < -0.3 is 14.5 Å². The number of hydrogen-bond acceptors (Lipinski definition) is 6. The lowest BCUT2D eigenvalue weighted by Crippen LogP contribution is -2.49. The molecule has 0 aliphatic carbocycles. The Kier molecular flexibility index (Phi) is 4.33. The first-order valence-corrected chi connectivity index (χ1v) is 8.73. The summed E-state index contributed by atoms with van der Waals surface area (Å²) < 4.78 is 19.5. The number of nitrogens with zero attached hydrogens (tertiary/aromatic N) is 5. The maximum Gasteiger partial charge on any atom is 0.228 e. The molecule has 2 fully saturated rings. The Morgan fingerprint density at radius 1 is 1.28 bits per heavy atom. The Hall–Kier alpha value is -2.15. The normalized spacial score (nSPS) is 22.8. The van der Waals surface area contributed by atoms with Crippen molar-refractivity contribution in [3.05, 3.63) is 35.4 Å². The maximum atomic E-state index is 14.3. The minimum absolute atomic E-state index is 0.187. The first kappa shape index (κ1) is 16.3. The molecule has 2 aliphatic heterocycles. The number of rotatable bonds is 3. The molecular weight excluding hydrogens is 345 g/mol. The van der Waals surface area contributed by atoms with Gasteiger partial charge in [-0.1, -0.05) is 11.6 Å². The third-order valence-electron chi connectivity index (χ3n) is 5.03. The van der Waals surface area contributed by atoms with Crippen LogP contribution in [0.25, 0.3) is 0 Å². The third kappa shape index (κ3) is 3.08. The van der Waals surface area contributed by atoms with E-state index in [-0.39, 0.29) is 11.9 Å². The van der Waals surface area contributed by atoms with Gasteiger partial charge in [0.15, 0.2) is 11.6 Å². The zero-order chi connectivity index (χ0) is 17.4. The molecule has 2 aromatic rings. The Bertz CT molecular complexity index is 776. The summed E-state index contributed by atoms with van der Waals surface area (Å²) in [6.45, 7) is 2.42. The summed E-state index contributed by atoms with van der Waals surface area (Å²) in [5.41, 5.74) is 0. The van der Waals surface area contributed by atoms with E-state index in [1.165, 1.54) is 12.3 Å². The summed E-state index contributed by atoms with van der Waals surface area (Å²) in [5.74, 6) is 1.72. The molecular formula is C17H19ClFN5O. The molecule has 2 atom stereocenters. The first-order valence-electron chi connectivity index (χ1n) is 8.35. The number of methoxy groups -OCH3 is 1. The average molecular weight is 364 g/mol. The smallest absolute Gasteiger partial charge is 0.228 e. The quantitative estimate of drug-likeness (QED) is 0.835. The van der Waals surface area contributed by atoms with Crippen LogP contribution in [0.2, 0.25) is 5.02 Å². The fourth-order valence-electron chi connectivity index (χ4n) is 3.80. The van der Waals surface area contributed by atoms with E-state index in [9.17, 15) is 4.39 Å². The van der Waals surface area contributed by atoms with Crippen molar-refractivity contribution in [3.63, 3.8) is 0 Å². The molecule has 2 aromatic heterocycles. The van der Waals surface area contributed by atoms with Crippen LogP contribution >= 0.6 is 11.6 Å². The molecule has 25 heavy (non-hydrogen) atoms. The van der Waals surface area contributed by atoms with Crippen molar-refractivity contribution >= 4 is 23.4 Å². The van der Waals surface area contributed by atoms with Crippen LogP contribution in [0.4, 0.5) is 16.2 Å². The second-order valence-electron chi connectivity index (χ2n) is 6.40. The van der Waals surface area contributed by atoms with Crippen LogP contribution in [0.5, 0.6) is 5.88 Å². The summed E-state index contributed by atoms with van der Waals surface area (Å²) in [4.78, 5) is 17.2. The molecule has 132 valence electrons. The Morgan fingerprint density at radius 2 is 2.12 bits per heavy atom. The van der Waals surface area contributed by atoms with Gasteiger partial charge in [0.2, 0.25) is 11.8 Å². The first-order chi connectivity index (χ1) is 12.2. The van der Waals surface area contributed by atoms with Crippen LogP contribution < -0.4 is 14.5 Å². The highest BCUT2D eigenvalue weighted by Crippen LogP contribution is 2.36. The minimum atomic E-state index is -0.372. The molecule has 6 nitrogen and oxygen atoms in total. The summed E-state index contributed by atoms with van der Waals surface area (Å²) >= 11 is 5.84. The van der Waals surface area contributed by atoms with Crippen molar-refractivity contribution in [1.29, 1.82) is 0 Å². The molecule has 2 aliphatic rings. The second-order valence-corrected chi connectivity index (χ2v) is 6.84. The largest absolute Gasteiger partial charge is 0.481 e. The Labute approximate surface area is 150 Å². The predicted molar refractivity (Wildman–Crippen MR) is 93.9 cm³/mol. The topological polar surface area (TPSA) is 54.4 Å². The molecule has 4 heterocycles. The van der Waals surface area contributed by atoms with Gasteiger partial charge in [-0.2, -0.15) is 4.98 Å². The number of hydrogen-bond donors (Lipinski definition) is 0. The van der Waals surface area contributed by atoms with Crippen LogP contribution in [0.1, 0.15) is 12.8 Å². The van der Waals surface area contributed by atoms with Crippen molar-refractivity contribution in [2.75, 3.05) is 36.5 Å². The highest BCUT2D eigenvalue weighted by Gasteiger charge is 2.40. The molecule has 8 heteroatoms. The number of aromatic nitrogens is 3. The summed E-state index contributed by atoms with van der Waals surface area (Å²) in [6, 6.07) is 3.24. The van der Waals surface area contributed by atoms with Crippen LogP contribution in [-0.4, -0.2) is 47.7 Å². The molecule has 0 spiro atoms. The number of piperidine rings is 1. The van der Waals surface area contributed by atoms with Gasteiger partial charge in [0.05, 0.1) is 18.2 Å². The SMILES string of the molecule is COc1ccnc(N2CCC3CCN(c4ncc(Cl)cc4F)C3C2)n1. The van der Waals surface area contributed by atoms with Crippen LogP contribution in [0, 0.1) is 11.7 Å². The number of ether oxygens (including phenoxy) is 1. The van der Waals surface area contributed by atoms with Crippen molar-refractivity contribution in [1.82, 2.24) is 15.0 Å². The maximum absolute atomic E-state index is 14.3. The number of fused-ring (bicyclic) bond motifs is 1. The fourth-order valence-corrected chi connectivity index (χ4v) is 3.95. The van der Waals surface area contributed by atoms with E-state index in [2.05, 4.69) is 24.8 Å². The molecule has 0 N–H and O–H groups in total. The summed E-state index contributed by atoms with van der Waals surface area (Å²) in [6.07, 6.45) is 5.26. The van der Waals surface area contributed by atoms with E-state index in [0.29, 0.717) is 28.6 Å². The van der Waals surface area contributed by atoms with E-state index in [1.54, 1.807) is 19.4 Å². The number of pyridine rings is 1. The van der Waals surface area contributed by atoms with E-state index >= 15 is 0 Å². The Balaban J connectivity index is 1.58. The second kappa shape index (κ2) is 6.63. The summed E-state index contributed by atoms with van der Waals surface area (Å²) in [7, 11) is 1.59. The van der Waals surface area contributed by atoms with Gasteiger partial charge in [-0.3, -0.25) is 0 Å². The highest BCUT2D eigenvalue weighted by molar-refractivity contribution is 6.30. The fraction of sp³-hybridized carbons (Fsp3) is 0.471. The van der Waals surface area contributed by atoms with Crippen LogP contribution in [0.3, 0.4) is 0 Å². The third-order valence-corrected chi connectivity index (χ3v) is 5.24. The molecule has 0 bridgehead atoms. The molecule has 0 amide bonds. The van der Waals surface area contributed by atoms with Gasteiger partial charge in [0.1, 0.15) is 0 Å². The zero-order valence-corrected chi connectivity index (χ0v) is 14.7. The van der Waals surface area contributed by atoms with E-state index < -0.39 is 0 Å². The van der Waals surface area contributed by atoms with E-state index in [0.717, 1.165) is 32.5 Å². The van der Waals surface area contributed by atoms with E-state index in [1.807, 2.05) is 0 Å². The molecule has 0 radical (unpaired) electrons. The number of halogens is 2. The lowest BCUT2D eigenvalue weighted by molar-refractivity contribution is 0.378. The minimum Gasteiger partial charge on any atom is -0.481 e. The monoisotopic (exact) mass is 363 g/mol. The highest BCUT2D eigenvalue weighted by atomic mass is 35.5. The number of anilines is 2. The lowest BCUT2D eigenvalue weighted by Gasteiger charge is -2.38. The molecule has 0 aromatic carbocycles. The Morgan fingerprint density at radius 3 is 2.92 bits per heavy atom. The van der Waals surface area contributed by atoms with Gasteiger partial charge >= 0.3 is 0 Å². The van der Waals surface area contributed by atoms with Gasteiger partial charge in [-0.15, -0.1) is 0 Å². The standard InChI is InChI=1S/C17H19ClFN5O/c1-25-15-2-5-20-17(22-15)23-6-3-11-4-7-24(14(11)10-23)16-13(19)8-12(18)9-21-16/h2,5,8-9,11,14H,3-4,6-7,10H2,1H3. The van der Waals surface area contributed by atoms with Gasteiger partial charge in [-0.25, -0.2) is 14.4 Å². The average Bonchev–Trinajstić information content (AvgIpc) is 3.05. The van der Waals surface area contributed by atoms with Crippen molar-refractivity contribution in [2.24, 2.45) is 5.92 Å². The predicted octanol–water partition coefficient (Wildman–Crippen LogP) is 2.78. The lowest BCUT2D eigenvalue weighted by atomic mass is 9.92.